The Kier molecular flexibility index (Phi) is 9.29. The normalized spacial score (nSPS) is 10.9. The highest BCUT2D eigenvalue weighted by atomic mass is 79.9. The second-order valence-electron chi connectivity index (χ2n) is 6.34. The van der Waals surface area contributed by atoms with Crippen molar-refractivity contribution in [2.24, 2.45) is 0 Å². The molecule has 0 aliphatic heterocycles. The number of anilines is 1. The summed E-state index contributed by atoms with van der Waals surface area (Å²) in [5.41, 5.74) is 0.600. The van der Waals surface area contributed by atoms with Gasteiger partial charge in [-0.3, -0.25) is 4.79 Å². The molecule has 1 amide bonds. The van der Waals surface area contributed by atoms with Crippen LogP contribution >= 0.6 is 34.8 Å². The number of nitrogens with one attached hydrogen (secondary N) is 1. The Labute approximate surface area is 209 Å². The molecule has 0 atom stereocenters. The van der Waals surface area contributed by atoms with E-state index in [0.717, 1.165) is 0 Å². The maximum atomic E-state index is 13.7. The first-order chi connectivity index (χ1) is 14.6. The topological polar surface area (TPSA) is 76.3 Å². The predicted octanol–water partition coefficient (Wildman–Crippen LogP) is 1.66. The van der Waals surface area contributed by atoms with Crippen molar-refractivity contribution in [1.29, 1.82) is 0 Å². The molecule has 2 aromatic carbocycles. The molecule has 0 bridgehead atoms. The lowest BCUT2D eigenvalue weighted by atomic mass is 10.2. The van der Waals surface area contributed by atoms with Crippen molar-refractivity contribution in [2.75, 3.05) is 11.9 Å². The van der Waals surface area contributed by atoms with E-state index in [0.29, 0.717) is 21.5 Å². The molecular formula is C20H15BrCl3FN2O4S. The van der Waals surface area contributed by atoms with Crippen molar-refractivity contribution in [2.45, 2.75) is 11.4 Å². The number of benzene rings is 2. The van der Waals surface area contributed by atoms with Gasteiger partial charge in [0.2, 0.25) is 0 Å². The summed E-state index contributed by atoms with van der Waals surface area (Å²) in [5.74, 6) is -0.0489. The Bertz CT molecular complexity index is 1250. The highest BCUT2D eigenvalue weighted by Gasteiger charge is 2.23. The van der Waals surface area contributed by atoms with Crippen LogP contribution in [0.2, 0.25) is 15.1 Å². The molecule has 0 radical (unpaired) electrons. The molecule has 0 spiro atoms. The molecule has 1 heterocycles. The molecule has 6 nitrogen and oxygen atoms in total. The zero-order valence-electron chi connectivity index (χ0n) is 16.1. The number of halogens is 5. The van der Waals surface area contributed by atoms with Gasteiger partial charge in [-0.05, 0) is 24.3 Å². The maximum Gasteiger partial charge on any atom is 0.334 e. The Balaban J connectivity index is 0.00000363. The van der Waals surface area contributed by atoms with Crippen LogP contribution < -0.4 is 31.6 Å². The Hall–Kier alpha value is -1.91. The lowest BCUT2D eigenvalue weighted by Crippen LogP contribution is -3.00. The van der Waals surface area contributed by atoms with Crippen molar-refractivity contribution < 1.29 is 43.4 Å². The zero-order valence-corrected chi connectivity index (χ0v) is 20.7. The number of amides is 1. The van der Waals surface area contributed by atoms with E-state index in [1.807, 2.05) is 0 Å². The maximum absolute atomic E-state index is 13.7. The quantitative estimate of drug-likeness (QED) is 0.339. The number of aromatic nitrogens is 1. The van der Waals surface area contributed by atoms with Gasteiger partial charge >= 0.3 is 10.2 Å². The first-order valence-corrected chi connectivity index (χ1v) is 11.2. The molecule has 170 valence electrons. The summed E-state index contributed by atoms with van der Waals surface area (Å²) in [6.45, 7) is -0.256. The van der Waals surface area contributed by atoms with Crippen LogP contribution in [0.25, 0.3) is 0 Å². The number of nitrogens with zero attached hydrogens (tertiary/aromatic N) is 1. The van der Waals surface area contributed by atoms with Crippen LogP contribution in [-0.2, 0) is 21.6 Å². The summed E-state index contributed by atoms with van der Waals surface area (Å²) < 4.78 is 43.5. The molecule has 1 N–H and O–H groups in total. The third kappa shape index (κ3) is 7.05. The Morgan fingerprint density at radius 3 is 2.47 bits per heavy atom. The number of carbonyl (C=O) groups is 1. The smallest absolute Gasteiger partial charge is 0.334 e. The number of hydrogen-bond donors (Lipinski definition) is 1. The van der Waals surface area contributed by atoms with E-state index in [9.17, 15) is 17.1 Å². The van der Waals surface area contributed by atoms with Gasteiger partial charge in [0.25, 0.3) is 5.91 Å². The summed E-state index contributed by atoms with van der Waals surface area (Å²) in [6, 6.07) is 12.2. The van der Waals surface area contributed by atoms with Crippen LogP contribution in [0.1, 0.15) is 5.56 Å². The third-order valence-corrected chi connectivity index (χ3v) is 6.18. The van der Waals surface area contributed by atoms with E-state index >= 15 is 0 Å². The van der Waals surface area contributed by atoms with Gasteiger partial charge in [0.15, 0.2) is 25.5 Å². The molecule has 3 rings (SSSR count). The summed E-state index contributed by atoms with van der Waals surface area (Å²) in [5, 5.41) is 3.13. The fraction of sp³-hybridized carbons (Fsp3) is 0.100. The molecular weight excluding hydrogens is 570 g/mol. The van der Waals surface area contributed by atoms with Crippen LogP contribution in [-0.4, -0.2) is 20.9 Å². The molecule has 0 saturated carbocycles. The molecule has 0 aliphatic rings. The van der Waals surface area contributed by atoms with Gasteiger partial charge in [0.1, 0.15) is 16.3 Å². The number of ether oxygens (including phenoxy) is 1. The summed E-state index contributed by atoms with van der Waals surface area (Å²) in [6.07, 6.45) is 3.20. The van der Waals surface area contributed by atoms with E-state index < -0.39 is 21.0 Å². The van der Waals surface area contributed by atoms with Crippen LogP contribution in [0, 0.1) is 0 Å². The van der Waals surface area contributed by atoms with E-state index in [2.05, 4.69) is 5.32 Å². The van der Waals surface area contributed by atoms with Crippen LogP contribution in [0.3, 0.4) is 0 Å². The fourth-order valence-electron chi connectivity index (χ4n) is 2.75. The van der Waals surface area contributed by atoms with Crippen molar-refractivity contribution in [3.8, 4) is 5.75 Å². The minimum absolute atomic E-state index is 0. The van der Waals surface area contributed by atoms with Crippen molar-refractivity contribution in [1.82, 2.24) is 0 Å². The first kappa shape index (κ1) is 26.3. The van der Waals surface area contributed by atoms with Gasteiger partial charge in [-0.15, -0.1) is 3.89 Å². The average molecular weight is 585 g/mol. The molecule has 32 heavy (non-hydrogen) atoms. The lowest BCUT2D eigenvalue weighted by Gasteiger charge is -2.08. The summed E-state index contributed by atoms with van der Waals surface area (Å²) >= 11 is 17.6. The highest BCUT2D eigenvalue weighted by molar-refractivity contribution is 7.86. The molecule has 1 aromatic heterocycles. The monoisotopic (exact) mass is 582 g/mol. The Morgan fingerprint density at radius 1 is 1.03 bits per heavy atom. The molecule has 0 aliphatic carbocycles. The highest BCUT2D eigenvalue weighted by Crippen LogP contribution is 2.27. The molecule has 3 aromatic rings. The Morgan fingerprint density at radius 2 is 1.78 bits per heavy atom. The lowest BCUT2D eigenvalue weighted by molar-refractivity contribution is -0.688. The minimum atomic E-state index is -5.00. The number of rotatable bonds is 7. The number of pyridine rings is 1. The van der Waals surface area contributed by atoms with E-state index in [1.54, 1.807) is 41.2 Å². The molecule has 12 heteroatoms. The summed E-state index contributed by atoms with van der Waals surface area (Å²) in [7, 11) is -5.00. The van der Waals surface area contributed by atoms with Gasteiger partial charge < -0.3 is 27.0 Å². The van der Waals surface area contributed by atoms with Crippen molar-refractivity contribution in [3.05, 3.63) is 81.6 Å². The zero-order chi connectivity index (χ0) is 22.6. The number of carbonyl (C=O) groups excluding carboxylic acids is 1. The third-order valence-electron chi connectivity index (χ3n) is 4.05. The second kappa shape index (κ2) is 11.3. The van der Waals surface area contributed by atoms with Crippen LogP contribution in [0.5, 0.6) is 5.75 Å². The molecule has 0 fully saturated rings. The van der Waals surface area contributed by atoms with Gasteiger partial charge in [0.05, 0.1) is 15.1 Å². The minimum Gasteiger partial charge on any atom is -1.00 e. The average Bonchev–Trinajstić information content (AvgIpc) is 2.68. The largest absolute Gasteiger partial charge is 1.00 e. The van der Waals surface area contributed by atoms with Gasteiger partial charge in [-0.2, -0.15) is 13.0 Å². The predicted molar refractivity (Wildman–Crippen MR) is 116 cm³/mol. The van der Waals surface area contributed by atoms with E-state index in [1.165, 1.54) is 24.3 Å². The fourth-order valence-corrected chi connectivity index (χ4v) is 4.26. The molecule has 0 saturated heterocycles. The SMILES string of the molecule is O=C(COc1ccc(Cl)c(Cl)c1)Nc1ccc[n+](Cc2cccc(Cl)c2S(=O)(=O)F)c1.[Br-]. The van der Waals surface area contributed by atoms with Gasteiger partial charge in [0, 0.05) is 17.7 Å². The first-order valence-electron chi connectivity index (χ1n) is 8.72. The second-order valence-corrected chi connectivity index (χ2v) is 8.85. The van der Waals surface area contributed by atoms with Crippen LogP contribution in [0.15, 0.2) is 65.8 Å². The van der Waals surface area contributed by atoms with Crippen LogP contribution in [0.4, 0.5) is 9.57 Å². The van der Waals surface area contributed by atoms with E-state index in [4.69, 9.17) is 39.5 Å². The number of hydrogen-bond acceptors (Lipinski definition) is 4. The molecule has 0 unspecified atom stereocenters. The van der Waals surface area contributed by atoms with Gasteiger partial charge in [-0.25, -0.2) is 0 Å². The van der Waals surface area contributed by atoms with E-state index in [-0.39, 0.29) is 40.7 Å². The van der Waals surface area contributed by atoms with Crippen molar-refractivity contribution in [3.63, 3.8) is 0 Å². The van der Waals surface area contributed by atoms with Gasteiger partial charge in [-0.1, -0.05) is 46.9 Å². The standard InChI is InChI=1S/C20H14Cl3FN2O4S.BrH/c21-16-7-6-15(9-18(16)23)30-12-19(27)25-14-4-2-8-26(11-14)10-13-3-1-5-17(22)20(13)31(24,28)29;/h1-9,11H,10,12H2;1H. The van der Waals surface area contributed by atoms with Crippen molar-refractivity contribution >= 4 is 56.6 Å². The summed E-state index contributed by atoms with van der Waals surface area (Å²) in [4.78, 5) is 11.6.